The van der Waals surface area contributed by atoms with Crippen molar-refractivity contribution in [2.45, 2.75) is 18.3 Å². The lowest BCUT2D eigenvalue weighted by molar-refractivity contribution is -0.127. The van der Waals surface area contributed by atoms with Crippen molar-refractivity contribution in [3.05, 3.63) is 0 Å². The molecule has 0 saturated heterocycles. The Morgan fingerprint density at radius 2 is 2.00 bits per heavy atom. The molecule has 0 aromatic carbocycles. The van der Waals surface area contributed by atoms with Gasteiger partial charge in [-0.15, -0.1) is 0 Å². The number of carbonyl (C=O) groups excluding carboxylic acids is 1. The summed E-state index contributed by atoms with van der Waals surface area (Å²) in [6.45, 7) is -0.772. The van der Waals surface area contributed by atoms with E-state index >= 15 is 0 Å². The van der Waals surface area contributed by atoms with Gasteiger partial charge in [-0.05, 0) is 0 Å². The van der Waals surface area contributed by atoms with Crippen LogP contribution in [0.1, 0.15) is 1.37 Å². The van der Waals surface area contributed by atoms with Crippen molar-refractivity contribution >= 4 is 6.26 Å². The molecule has 0 rings (SSSR count). The second kappa shape index (κ2) is 4.35. The van der Waals surface area contributed by atoms with E-state index in [2.05, 4.69) is 0 Å². The molecule has 0 saturated carbocycles. The first-order valence-electron chi connectivity index (χ1n) is 3.16. The number of hydrogen-bond acceptors (Lipinski definition) is 5. The van der Waals surface area contributed by atoms with Gasteiger partial charge in [0, 0.05) is 0 Å². The van der Waals surface area contributed by atoms with Crippen molar-refractivity contribution in [3.63, 3.8) is 0 Å². The summed E-state index contributed by atoms with van der Waals surface area (Å²) in [6.07, 6.45) is -6.76. The normalized spacial score (nSPS) is 21.0. The number of hydrogen-bond donors (Lipinski definition) is 4. The predicted molar refractivity (Wildman–Crippen MR) is 31.2 cm³/mol. The fourth-order valence-electron chi connectivity index (χ4n) is 0.388. The molecule has 0 aromatic rings. The van der Waals surface area contributed by atoms with Gasteiger partial charge >= 0.3 is 0 Å². The van der Waals surface area contributed by atoms with E-state index in [4.69, 9.17) is 21.8 Å². The van der Waals surface area contributed by atoms with Crippen molar-refractivity contribution in [2.75, 3.05) is 6.61 Å². The van der Waals surface area contributed by atoms with E-state index in [1.165, 1.54) is 0 Å². The van der Waals surface area contributed by atoms with E-state index in [0.29, 0.717) is 0 Å². The van der Waals surface area contributed by atoms with Gasteiger partial charge in [0.1, 0.15) is 19.7 Å². The summed E-state index contributed by atoms with van der Waals surface area (Å²) in [6, 6.07) is 0. The summed E-state index contributed by atoms with van der Waals surface area (Å²) >= 11 is 0. The minimum Gasteiger partial charge on any atom is -0.394 e. The van der Waals surface area contributed by atoms with Crippen molar-refractivity contribution in [2.24, 2.45) is 0 Å². The fourth-order valence-corrected chi connectivity index (χ4v) is 0.388. The van der Waals surface area contributed by atoms with Crippen molar-refractivity contribution in [1.82, 2.24) is 0 Å². The number of aliphatic hydroxyl groups excluding tert-OH is 4. The summed E-state index contributed by atoms with van der Waals surface area (Å²) in [5.41, 5.74) is 0. The first-order valence-corrected chi connectivity index (χ1v) is 2.66. The van der Waals surface area contributed by atoms with E-state index < -0.39 is 31.2 Å². The highest BCUT2D eigenvalue weighted by molar-refractivity contribution is 5.56. The van der Waals surface area contributed by atoms with Crippen LogP contribution in [0.25, 0.3) is 0 Å². The number of aliphatic hydroxyl groups is 4. The topological polar surface area (TPSA) is 98.0 Å². The summed E-state index contributed by atoms with van der Waals surface area (Å²) < 4.78 is 6.34. The van der Waals surface area contributed by atoms with Crippen LogP contribution in [-0.4, -0.2) is 51.6 Å². The van der Waals surface area contributed by atoms with E-state index in [9.17, 15) is 4.79 Å². The minimum atomic E-state index is -1.96. The molecule has 0 heterocycles. The smallest absolute Gasteiger partial charge is 0.151 e. The molecule has 10 heavy (non-hydrogen) atoms. The van der Waals surface area contributed by atoms with Crippen LogP contribution in [0.2, 0.25) is 0 Å². The Balaban J connectivity index is 4.00. The van der Waals surface area contributed by atoms with Gasteiger partial charge in [0.2, 0.25) is 0 Å². The molecule has 60 valence electrons. The highest BCUT2D eigenvalue weighted by Crippen LogP contribution is 1.96. The molecule has 0 aliphatic heterocycles. The Bertz CT molecular complexity index is 139. The summed E-state index contributed by atoms with van der Waals surface area (Å²) in [5, 5.41) is 34.3. The second-order valence-corrected chi connectivity index (χ2v) is 1.80. The van der Waals surface area contributed by atoms with Crippen LogP contribution in [0.5, 0.6) is 0 Å². The largest absolute Gasteiger partial charge is 0.394 e. The molecule has 0 amide bonds. The molecule has 0 spiro atoms. The van der Waals surface area contributed by atoms with Gasteiger partial charge in [-0.2, -0.15) is 0 Å². The Labute approximate surface area is 58.9 Å². The van der Waals surface area contributed by atoms with Crippen LogP contribution in [0, 0.1) is 0 Å². The third-order valence-electron chi connectivity index (χ3n) is 1.03. The maximum absolute atomic E-state index is 10.1. The van der Waals surface area contributed by atoms with Crippen LogP contribution in [-0.2, 0) is 4.79 Å². The van der Waals surface area contributed by atoms with Crippen molar-refractivity contribution in [1.29, 1.82) is 0 Å². The van der Waals surface area contributed by atoms with Gasteiger partial charge in [-0.1, -0.05) is 0 Å². The lowest BCUT2D eigenvalue weighted by atomic mass is 10.1. The average molecular weight is 151 g/mol. The molecule has 0 fully saturated rings. The molecule has 0 aliphatic carbocycles. The Morgan fingerprint density at radius 1 is 1.50 bits per heavy atom. The Kier molecular flexibility index (Phi) is 3.31. The Hall–Kier alpha value is -0.490. The number of aldehydes is 1. The van der Waals surface area contributed by atoms with Crippen LogP contribution in [0.15, 0.2) is 0 Å². The molecule has 0 aromatic heterocycles. The van der Waals surface area contributed by atoms with E-state index in [1.807, 2.05) is 0 Å². The zero-order chi connectivity index (χ0) is 9.02. The monoisotopic (exact) mass is 151 g/mol. The van der Waals surface area contributed by atoms with Gasteiger partial charge in [0.05, 0.1) is 6.61 Å². The number of carbonyl (C=O) groups is 1. The van der Waals surface area contributed by atoms with E-state index in [0.717, 1.165) is 0 Å². The molecular weight excluding hydrogens is 140 g/mol. The molecule has 4 N–H and O–H groups in total. The predicted octanol–water partition coefficient (Wildman–Crippen LogP) is -2.74. The maximum Gasteiger partial charge on any atom is 0.151 e. The zero-order valence-corrected chi connectivity index (χ0v) is 5.14. The molecular formula is C5H10O5. The van der Waals surface area contributed by atoms with Gasteiger partial charge in [-0.3, -0.25) is 0 Å². The third kappa shape index (κ3) is 2.40. The van der Waals surface area contributed by atoms with Crippen LogP contribution >= 0.6 is 0 Å². The lowest BCUT2D eigenvalue weighted by Gasteiger charge is -2.16. The van der Waals surface area contributed by atoms with Gasteiger partial charge in [-0.25, -0.2) is 0 Å². The van der Waals surface area contributed by atoms with E-state index in [-0.39, 0.29) is 0 Å². The van der Waals surface area contributed by atoms with Crippen LogP contribution in [0.4, 0.5) is 0 Å². The molecule has 3 atom stereocenters. The lowest BCUT2D eigenvalue weighted by Crippen LogP contribution is -2.40. The Morgan fingerprint density at radius 3 is 2.30 bits per heavy atom. The highest BCUT2D eigenvalue weighted by atomic mass is 16.4. The van der Waals surface area contributed by atoms with Gasteiger partial charge < -0.3 is 25.2 Å². The van der Waals surface area contributed by atoms with Crippen molar-refractivity contribution < 1.29 is 26.6 Å². The quantitative estimate of drug-likeness (QED) is 0.327. The molecule has 5 nitrogen and oxygen atoms in total. The van der Waals surface area contributed by atoms with Gasteiger partial charge in [0.15, 0.2) is 6.26 Å². The maximum atomic E-state index is 10.1. The molecule has 0 radical (unpaired) electrons. The van der Waals surface area contributed by atoms with E-state index in [1.54, 1.807) is 0 Å². The zero-order valence-electron chi connectivity index (χ0n) is 6.14. The standard InChI is InChI=1S/C5H10O5/c6-1-3(8)5(10)4(9)2-7/h1,3-5,7-10H,2H2/t3-,4-,5+/m1/s1/i1D. The van der Waals surface area contributed by atoms with Crippen LogP contribution < -0.4 is 0 Å². The summed E-state index contributed by atoms with van der Waals surface area (Å²) in [5.74, 6) is 0. The first-order chi connectivity index (χ1) is 5.00. The van der Waals surface area contributed by atoms with Gasteiger partial charge in [0.25, 0.3) is 0 Å². The molecule has 0 aliphatic rings. The summed E-state index contributed by atoms with van der Waals surface area (Å²) in [4.78, 5) is 10.1. The minimum absolute atomic E-state index is 0.772. The number of rotatable bonds is 4. The SMILES string of the molecule is [2H]C(=O)[C@@H](O)[C@H](O)[C@H](O)CO. The first kappa shape index (κ1) is 7.62. The summed E-state index contributed by atoms with van der Waals surface area (Å²) in [7, 11) is 0. The highest BCUT2D eigenvalue weighted by Gasteiger charge is 2.22. The van der Waals surface area contributed by atoms with Crippen molar-refractivity contribution in [3.8, 4) is 0 Å². The molecule has 0 bridgehead atoms. The third-order valence-corrected chi connectivity index (χ3v) is 1.03. The molecule has 0 unspecified atom stereocenters. The molecule has 5 heteroatoms. The average Bonchev–Trinajstić information content (AvgIpc) is 2.00. The fraction of sp³-hybridized carbons (Fsp3) is 0.800. The second-order valence-electron chi connectivity index (χ2n) is 1.80. The van der Waals surface area contributed by atoms with Crippen LogP contribution in [0.3, 0.4) is 0 Å².